The molecular weight excluding hydrogens is 438 g/mol. The highest BCUT2D eigenvalue weighted by Crippen LogP contribution is 2.27. The fraction of sp³-hybridized carbons (Fsp3) is 0.160. The van der Waals surface area contributed by atoms with Crippen LogP contribution in [0.3, 0.4) is 0 Å². The van der Waals surface area contributed by atoms with E-state index < -0.39 is 10.0 Å². The van der Waals surface area contributed by atoms with Crippen LogP contribution in [0.2, 0.25) is 0 Å². The Labute approximate surface area is 192 Å². The van der Waals surface area contributed by atoms with Crippen molar-refractivity contribution in [1.82, 2.24) is 4.98 Å². The third kappa shape index (κ3) is 5.35. The van der Waals surface area contributed by atoms with Crippen LogP contribution in [-0.4, -0.2) is 26.4 Å². The van der Waals surface area contributed by atoms with E-state index in [9.17, 15) is 13.2 Å². The molecule has 0 fully saturated rings. The Morgan fingerprint density at radius 3 is 2.64 bits per heavy atom. The average molecular weight is 464 g/mol. The third-order valence-corrected chi connectivity index (χ3v) is 6.67. The van der Waals surface area contributed by atoms with Crippen LogP contribution in [0.5, 0.6) is 5.75 Å². The molecule has 1 heterocycles. The van der Waals surface area contributed by atoms with Crippen LogP contribution in [0.4, 0.5) is 11.4 Å². The summed E-state index contributed by atoms with van der Waals surface area (Å²) in [4.78, 5) is 15.7. The van der Waals surface area contributed by atoms with E-state index in [0.717, 1.165) is 11.9 Å². The van der Waals surface area contributed by atoms with Crippen LogP contribution in [0.1, 0.15) is 18.4 Å². The highest BCUT2D eigenvalue weighted by Gasteiger charge is 2.17. The number of anilines is 2. The molecule has 1 amide bonds. The first kappa shape index (κ1) is 22.4. The summed E-state index contributed by atoms with van der Waals surface area (Å²) in [7, 11) is -2.38. The minimum absolute atomic E-state index is 0.0463. The molecule has 3 aromatic carbocycles. The summed E-state index contributed by atoms with van der Waals surface area (Å²) in [5, 5.41) is 3.96. The standard InChI is InChI=1S/C25H25N3O4S/c1-32-24-14-5-4-13-23(24)28-33(30,31)20-10-7-9-19(16-20)27-25(29)15-6-8-18-17-26-22-12-3-2-11-21(18)22/h2-5,7,9-14,16-17,26,28H,6,8,15H2,1H3,(H,27,29). The molecule has 0 saturated heterocycles. The summed E-state index contributed by atoms with van der Waals surface area (Å²) in [5.74, 6) is 0.253. The maximum absolute atomic E-state index is 12.8. The summed E-state index contributed by atoms with van der Waals surface area (Å²) in [6, 6.07) is 21.0. The van der Waals surface area contributed by atoms with Gasteiger partial charge in [-0.25, -0.2) is 8.42 Å². The van der Waals surface area contributed by atoms with Crippen molar-refractivity contribution in [3.63, 3.8) is 0 Å². The largest absolute Gasteiger partial charge is 0.495 e. The van der Waals surface area contributed by atoms with E-state index in [4.69, 9.17) is 4.74 Å². The lowest BCUT2D eigenvalue weighted by atomic mass is 10.1. The first-order chi connectivity index (χ1) is 16.0. The second-order valence-electron chi connectivity index (χ2n) is 7.59. The number of sulfonamides is 1. The number of carbonyl (C=O) groups is 1. The number of carbonyl (C=O) groups excluding carboxylic acids is 1. The van der Waals surface area contributed by atoms with Crippen LogP contribution >= 0.6 is 0 Å². The van der Waals surface area contributed by atoms with Crippen LogP contribution < -0.4 is 14.8 Å². The maximum Gasteiger partial charge on any atom is 0.262 e. The predicted octanol–water partition coefficient (Wildman–Crippen LogP) is 4.94. The molecule has 0 atom stereocenters. The monoisotopic (exact) mass is 463 g/mol. The van der Waals surface area contributed by atoms with Crippen molar-refractivity contribution in [2.45, 2.75) is 24.2 Å². The first-order valence-electron chi connectivity index (χ1n) is 10.6. The zero-order valence-electron chi connectivity index (χ0n) is 18.2. The summed E-state index contributed by atoms with van der Waals surface area (Å²) in [6.07, 6.45) is 3.76. The van der Waals surface area contributed by atoms with Crippen molar-refractivity contribution < 1.29 is 17.9 Å². The van der Waals surface area contributed by atoms with Gasteiger partial charge in [-0.1, -0.05) is 36.4 Å². The smallest absolute Gasteiger partial charge is 0.262 e. The molecule has 0 spiro atoms. The van der Waals surface area contributed by atoms with Crippen LogP contribution in [0, 0.1) is 0 Å². The molecule has 0 bridgehead atoms. The number of rotatable bonds is 9. The maximum atomic E-state index is 12.8. The van der Waals surface area contributed by atoms with Gasteiger partial charge in [0.15, 0.2) is 0 Å². The molecule has 3 N–H and O–H groups in total. The van der Waals surface area contributed by atoms with E-state index in [0.29, 0.717) is 30.0 Å². The number of ether oxygens (including phenoxy) is 1. The molecule has 0 saturated carbocycles. The molecule has 33 heavy (non-hydrogen) atoms. The summed E-state index contributed by atoms with van der Waals surface area (Å²) in [5.41, 5.74) is 3.02. The van der Waals surface area contributed by atoms with Gasteiger partial charge in [0, 0.05) is 29.2 Å². The van der Waals surface area contributed by atoms with Crippen molar-refractivity contribution in [1.29, 1.82) is 0 Å². The van der Waals surface area contributed by atoms with Gasteiger partial charge in [-0.05, 0) is 54.8 Å². The zero-order valence-corrected chi connectivity index (χ0v) is 19.0. The number of aromatic nitrogens is 1. The Morgan fingerprint density at radius 1 is 1.00 bits per heavy atom. The van der Waals surface area contributed by atoms with E-state index in [-0.39, 0.29) is 10.8 Å². The summed E-state index contributed by atoms with van der Waals surface area (Å²) >= 11 is 0. The van der Waals surface area contributed by atoms with Crippen LogP contribution in [0.25, 0.3) is 10.9 Å². The van der Waals surface area contributed by atoms with Crippen molar-refractivity contribution in [2.75, 3.05) is 17.1 Å². The lowest BCUT2D eigenvalue weighted by Crippen LogP contribution is -2.15. The van der Waals surface area contributed by atoms with E-state index in [1.54, 1.807) is 36.4 Å². The molecule has 4 rings (SSSR count). The number of amides is 1. The highest BCUT2D eigenvalue weighted by molar-refractivity contribution is 7.92. The molecule has 0 aliphatic rings. The van der Waals surface area contributed by atoms with E-state index in [1.165, 1.54) is 30.2 Å². The normalized spacial score (nSPS) is 11.3. The molecule has 0 unspecified atom stereocenters. The number of H-pyrrole nitrogens is 1. The zero-order chi connectivity index (χ0) is 23.3. The molecule has 0 aliphatic heterocycles. The molecule has 7 nitrogen and oxygen atoms in total. The second-order valence-corrected chi connectivity index (χ2v) is 9.28. The lowest BCUT2D eigenvalue weighted by molar-refractivity contribution is -0.116. The Bertz CT molecular complexity index is 1380. The molecule has 0 aliphatic carbocycles. The van der Waals surface area contributed by atoms with Gasteiger partial charge in [-0.15, -0.1) is 0 Å². The number of hydrogen-bond donors (Lipinski definition) is 3. The first-order valence-corrected chi connectivity index (χ1v) is 12.1. The Hall–Kier alpha value is -3.78. The number of para-hydroxylation sites is 3. The Kier molecular flexibility index (Phi) is 6.65. The number of fused-ring (bicyclic) bond motifs is 1. The highest BCUT2D eigenvalue weighted by atomic mass is 32.2. The Morgan fingerprint density at radius 2 is 1.79 bits per heavy atom. The third-order valence-electron chi connectivity index (χ3n) is 5.30. The van der Waals surface area contributed by atoms with Crippen LogP contribution in [-0.2, 0) is 21.2 Å². The quantitative estimate of drug-likeness (QED) is 0.327. The predicted molar refractivity (Wildman–Crippen MR) is 130 cm³/mol. The van der Waals surface area contributed by atoms with Gasteiger partial charge in [0.1, 0.15) is 5.75 Å². The number of nitrogens with one attached hydrogen (secondary N) is 3. The fourth-order valence-corrected chi connectivity index (χ4v) is 4.79. The number of hydrogen-bond acceptors (Lipinski definition) is 4. The van der Waals surface area contributed by atoms with E-state index in [2.05, 4.69) is 21.1 Å². The fourth-order valence-electron chi connectivity index (χ4n) is 3.67. The van der Waals surface area contributed by atoms with Crippen LogP contribution in [0.15, 0.2) is 83.9 Å². The van der Waals surface area contributed by atoms with Gasteiger partial charge in [0.05, 0.1) is 17.7 Å². The van der Waals surface area contributed by atoms with E-state index >= 15 is 0 Å². The number of aromatic amines is 1. The summed E-state index contributed by atoms with van der Waals surface area (Å²) < 4.78 is 33.4. The van der Waals surface area contributed by atoms with Gasteiger partial charge in [0.2, 0.25) is 5.91 Å². The Balaban J connectivity index is 1.37. The van der Waals surface area contributed by atoms with Crippen molar-refractivity contribution in [3.8, 4) is 5.75 Å². The minimum atomic E-state index is -3.86. The van der Waals surface area contributed by atoms with Crippen molar-refractivity contribution in [3.05, 3.63) is 84.6 Å². The van der Waals surface area contributed by atoms with Gasteiger partial charge in [0.25, 0.3) is 10.0 Å². The molecular formula is C25H25N3O4S. The average Bonchev–Trinajstić information content (AvgIpc) is 3.22. The minimum Gasteiger partial charge on any atom is -0.495 e. The van der Waals surface area contributed by atoms with Gasteiger partial charge in [-0.3, -0.25) is 9.52 Å². The van der Waals surface area contributed by atoms with Crippen molar-refractivity contribution in [2.24, 2.45) is 0 Å². The topological polar surface area (TPSA) is 100 Å². The van der Waals surface area contributed by atoms with Crippen molar-refractivity contribution >= 4 is 38.2 Å². The lowest BCUT2D eigenvalue weighted by Gasteiger charge is -2.12. The van der Waals surface area contributed by atoms with Gasteiger partial charge in [-0.2, -0.15) is 0 Å². The molecule has 1 aromatic heterocycles. The molecule has 4 aromatic rings. The number of aryl methyl sites for hydroxylation is 1. The second kappa shape index (κ2) is 9.79. The summed E-state index contributed by atoms with van der Waals surface area (Å²) in [6.45, 7) is 0. The van der Waals surface area contributed by atoms with E-state index in [1.807, 2.05) is 24.4 Å². The van der Waals surface area contributed by atoms with Gasteiger partial charge < -0.3 is 15.0 Å². The SMILES string of the molecule is COc1ccccc1NS(=O)(=O)c1cccc(NC(=O)CCCc2c[nH]c3ccccc23)c1. The number of benzene rings is 3. The number of methoxy groups -OCH3 is 1. The molecule has 8 heteroatoms. The molecule has 170 valence electrons. The van der Waals surface area contributed by atoms with Gasteiger partial charge >= 0.3 is 0 Å². The molecule has 0 radical (unpaired) electrons.